The second-order valence-corrected chi connectivity index (χ2v) is 5.08. The van der Waals surface area contributed by atoms with Crippen LogP contribution in [0.5, 0.6) is 0 Å². The molecule has 0 aliphatic heterocycles. The quantitative estimate of drug-likeness (QED) is 0.822. The number of pyridine rings is 2. The number of hydrogen-bond acceptors (Lipinski definition) is 5. The summed E-state index contributed by atoms with van der Waals surface area (Å²) in [6.07, 6.45) is 2.15. The molecule has 1 fully saturated rings. The zero-order valence-corrected chi connectivity index (χ0v) is 11.1. The van der Waals surface area contributed by atoms with E-state index in [0.717, 1.165) is 5.39 Å². The van der Waals surface area contributed by atoms with Gasteiger partial charge in [0.1, 0.15) is 16.8 Å². The van der Waals surface area contributed by atoms with E-state index < -0.39 is 0 Å². The maximum atomic E-state index is 11.8. The number of rotatable bonds is 2. The molecule has 20 heavy (non-hydrogen) atoms. The predicted octanol–water partition coefficient (Wildman–Crippen LogP) is 1.96. The summed E-state index contributed by atoms with van der Waals surface area (Å²) in [4.78, 5) is 19.9. The summed E-state index contributed by atoms with van der Waals surface area (Å²) in [5.74, 6) is 0.113. The zero-order chi connectivity index (χ0) is 14.3. The normalized spacial score (nSPS) is 20.4. The highest BCUT2D eigenvalue weighted by atomic mass is 35.5. The SMILES string of the molecule is N#C[C@@H]1C[C@H]1C(=O)Nc1cc2cc(Cl)nc(N)c2cn1. The predicted molar refractivity (Wildman–Crippen MR) is 74.8 cm³/mol. The van der Waals surface area contributed by atoms with Gasteiger partial charge in [-0.15, -0.1) is 0 Å². The number of amides is 1. The molecule has 3 N–H and O–H groups in total. The first kappa shape index (κ1) is 12.6. The minimum Gasteiger partial charge on any atom is -0.383 e. The molecule has 0 radical (unpaired) electrons. The molecule has 0 aromatic carbocycles. The van der Waals surface area contributed by atoms with Crippen LogP contribution in [0.2, 0.25) is 5.15 Å². The molecule has 0 saturated heterocycles. The first-order valence-electron chi connectivity index (χ1n) is 6.00. The molecule has 1 amide bonds. The average molecular weight is 288 g/mol. The third-order valence-electron chi connectivity index (χ3n) is 3.26. The van der Waals surface area contributed by atoms with Gasteiger partial charge in [0.15, 0.2) is 0 Å². The second kappa shape index (κ2) is 4.62. The summed E-state index contributed by atoms with van der Waals surface area (Å²) in [7, 11) is 0. The summed E-state index contributed by atoms with van der Waals surface area (Å²) < 4.78 is 0. The van der Waals surface area contributed by atoms with Crippen LogP contribution in [-0.4, -0.2) is 15.9 Å². The summed E-state index contributed by atoms with van der Waals surface area (Å²) in [5.41, 5.74) is 5.74. The smallest absolute Gasteiger partial charge is 0.230 e. The van der Waals surface area contributed by atoms with Crippen LogP contribution >= 0.6 is 11.6 Å². The Kier molecular flexibility index (Phi) is 2.92. The largest absolute Gasteiger partial charge is 0.383 e. The van der Waals surface area contributed by atoms with Crippen LogP contribution in [0.15, 0.2) is 18.3 Å². The van der Waals surface area contributed by atoms with Crippen molar-refractivity contribution in [1.29, 1.82) is 5.26 Å². The third kappa shape index (κ3) is 2.24. The van der Waals surface area contributed by atoms with E-state index in [1.807, 2.05) is 0 Å². The Labute approximate surface area is 119 Å². The average Bonchev–Trinajstić information content (AvgIpc) is 3.17. The zero-order valence-electron chi connectivity index (χ0n) is 10.3. The van der Waals surface area contributed by atoms with Gasteiger partial charge in [0, 0.05) is 11.6 Å². The molecule has 0 unspecified atom stereocenters. The van der Waals surface area contributed by atoms with Crippen LogP contribution in [0.3, 0.4) is 0 Å². The number of carbonyl (C=O) groups is 1. The number of halogens is 1. The Morgan fingerprint density at radius 3 is 3.05 bits per heavy atom. The highest BCUT2D eigenvalue weighted by molar-refractivity contribution is 6.30. The van der Waals surface area contributed by atoms with E-state index in [9.17, 15) is 4.79 Å². The van der Waals surface area contributed by atoms with Gasteiger partial charge in [-0.25, -0.2) is 9.97 Å². The molecular weight excluding hydrogens is 278 g/mol. The van der Waals surface area contributed by atoms with Crippen molar-refractivity contribution in [2.24, 2.45) is 11.8 Å². The Balaban J connectivity index is 1.86. The minimum atomic E-state index is -0.233. The topological polar surface area (TPSA) is 105 Å². The molecule has 100 valence electrons. The van der Waals surface area contributed by atoms with Crippen molar-refractivity contribution < 1.29 is 4.79 Å². The number of anilines is 2. The summed E-state index contributed by atoms with van der Waals surface area (Å²) in [6, 6.07) is 5.41. The van der Waals surface area contributed by atoms with Crippen molar-refractivity contribution in [2.75, 3.05) is 11.1 Å². The molecule has 1 saturated carbocycles. The maximum Gasteiger partial charge on any atom is 0.230 e. The van der Waals surface area contributed by atoms with Crippen molar-refractivity contribution in [3.63, 3.8) is 0 Å². The Morgan fingerprint density at radius 1 is 1.55 bits per heavy atom. The number of aromatic nitrogens is 2. The van der Waals surface area contributed by atoms with E-state index >= 15 is 0 Å². The lowest BCUT2D eigenvalue weighted by Crippen LogP contribution is -2.15. The van der Waals surface area contributed by atoms with Gasteiger partial charge in [0.05, 0.1) is 17.9 Å². The highest BCUT2D eigenvalue weighted by Gasteiger charge is 2.43. The summed E-state index contributed by atoms with van der Waals surface area (Å²) in [6.45, 7) is 0. The van der Waals surface area contributed by atoms with Gasteiger partial charge in [-0.1, -0.05) is 11.6 Å². The molecule has 0 bridgehead atoms. The fourth-order valence-corrected chi connectivity index (χ4v) is 2.26. The van der Waals surface area contributed by atoms with E-state index in [0.29, 0.717) is 23.4 Å². The van der Waals surface area contributed by atoms with E-state index in [2.05, 4.69) is 21.4 Å². The Morgan fingerprint density at radius 2 is 2.35 bits per heavy atom. The van der Waals surface area contributed by atoms with Crippen LogP contribution in [0, 0.1) is 23.2 Å². The molecule has 2 aromatic heterocycles. The highest BCUT2D eigenvalue weighted by Crippen LogP contribution is 2.38. The van der Waals surface area contributed by atoms with Gasteiger partial charge in [0.2, 0.25) is 5.91 Å². The Bertz CT molecular complexity index is 754. The van der Waals surface area contributed by atoms with Crippen molar-refractivity contribution in [3.05, 3.63) is 23.5 Å². The second-order valence-electron chi connectivity index (χ2n) is 4.69. The van der Waals surface area contributed by atoms with Crippen molar-refractivity contribution in [3.8, 4) is 6.07 Å². The van der Waals surface area contributed by atoms with E-state index in [1.54, 1.807) is 12.1 Å². The summed E-state index contributed by atoms with van der Waals surface area (Å²) in [5, 5.41) is 13.1. The number of nitrogens with zero attached hydrogens (tertiary/aromatic N) is 3. The molecule has 1 aliphatic carbocycles. The molecule has 6 nitrogen and oxygen atoms in total. The van der Waals surface area contributed by atoms with Crippen LogP contribution in [-0.2, 0) is 4.79 Å². The number of nitriles is 1. The van der Waals surface area contributed by atoms with E-state index in [-0.39, 0.29) is 22.9 Å². The van der Waals surface area contributed by atoms with Gasteiger partial charge in [-0.3, -0.25) is 4.79 Å². The van der Waals surface area contributed by atoms with Crippen LogP contribution in [0.25, 0.3) is 10.8 Å². The molecule has 2 heterocycles. The Hall–Kier alpha value is -2.39. The van der Waals surface area contributed by atoms with Crippen molar-refractivity contribution in [2.45, 2.75) is 6.42 Å². The van der Waals surface area contributed by atoms with Crippen LogP contribution in [0.4, 0.5) is 11.6 Å². The van der Waals surface area contributed by atoms with Crippen molar-refractivity contribution in [1.82, 2.24) is 9.97 Å². The van der Waals surface area contributed by atoms with Gasteiger partial charge < -0.3 is 11.1 Å². The number of hydrogen-bond donors (Lipinski definition) is 2. The van der Waals surface area contributed by atoms with Crippen molar-refractivity contribution >= 4 is 39.9 Å². The lowest BCUT2D eigenvalue weighted by molar-refractivity contribution is -0.117. The number of carbonyl (C=O) groups excluding carboxylic acids is 1. The molecule has 1 aliphatic rings. The molecule has 7 heteroatoms. The number of fused-ring (bicyclic) bond motifs is 1. The summed E-state index contributed by atoms with van der Waals surface area (Å²) >= 11 is 5.85. The molecule has 2 aromatic rings. The van der Waals surface area contributed by atoms with Gasteiger partial charge >= 0.3 is 0 Å². The third-order valence-corrected chi connectivity index (χ3v) is 3.45. The first-order valence-corrected chi connectivity index (χ1v) is 6.38. The van der Waals surface area contributed by atoms with E-state index in [4.69, 9.17) is 22.6 Å². The minimum absolute atomic E-state index is 0.176. The number of nitrogens with one attached hydrogen (secondary N) is 1. The molecule has 0 spiro atoms. The van der Waals surface area contributed by atoms with Gasteiger partial charge in [-0.05, 0) is 23.9 Å². The fraction of sp³-hybridized carbons (Fsp3) is 0.231. The monoisotopic (exact) mass is 287 g/mol. The lowest BCUT2D eigenvalue weighted by atomic mass is 10.2. The standard InChI is InChI=1S/C13H10ClN5O/c14-10-2-6-3-11(17-5-9(6)12(16)18-10)19-13(20)8-1-7(8)4-15/h2-3,5,7-8H,1H2,(H2,16,18)(H,17,19,20)/t7-,8+/m0/s1. The van der Waals surface area contributed by atoms with Crippen LogP contribution in [0.1, 0.15) is 6.42 Å². The fourth-order valence-electron chi connectivity index (χ4n) is 2.05. The van der Waals surface area contributed by atoms with E-state index in [1.165, 1.54) is 6.20 Å². The molecular formula is C13H10ClN5O. The number of nitrogen functional groups attached to an aromatic ring is 1. The lowest BCUT2D eigenvalue weighted by Gasteiger charge is -2.06. The maximum absolute atomic E-state index is 11.8. The molecule has 3 rings (SSSR count). The van der Waals surface area contributed by atoms with Gasteiger partial charge in [-0.2, -0.15) is 5.26 Å². The first-order chi connectivity index (χ1) is 9.58. The molecule has 2 atom stereocenters. The number of nitrogens with two attached hydrogens (primary N) is 1. The van der Waals surface area contributed by atoms with Crippen LogP contribution < -0.4 is 11.1 Å². The van der Waals surface area contributed by atoms with Gasteiger partial charge in [0.25, 0.3) is 0 Å².